The summed E-state index contributed by atoms with van der Waals surface area (Å²) in [5.74, 6) is 0.947. The molecule has 1 aliphatic heterocycles. The minimum absolute atomic E-state index is 0.0608. The Bertz CT molecular complexity index is 834. The molecule has 1 amide bonds. The van der Waals surface area contributed by atoms with Gasteiger partial charge in [0.25, 0.3) is 5.91 Å². The number of hydrogen-bond acceptors (Lipinski definition) is 4. The number of amides is 1. The van der Waals surface area contributed by atoms with Gasteiger partial charge in [0.05, 0.1) is 10.6 Å². The van der Waals surface area contributed by atoms with Crippen LogP contribution >= 0.6 is 11.3 Å². The van der Waals surface area contributed by atoms with Crippen molar-refractivity contribution in [2.24, 2.45) is 0 Å². The summed E-state index contributed by atoms with van der Waals surface area (Å²) in [6.07, 6.45) is 4.50. The fourth-order valence-corrected chi connectivity index (χ4v) is 3.83. The van der Waals surface area contributed by atoms with Crippen molar-refractivity contribution in [1.29, 1.82) is 0 Å². The maximum absolute atomic E-state index is 12.9. The number of carbonyl (C=O) groups excluding carboxylic acids is 1. The lowest BCUT2D eigenvalue weighted by molar-refractivity contribution is 0.0749. The van der Waals surface area contributed by atoms with Crippen molar-refractivity contribution in [1.82, 2.24) is 19.7 Å². The number of thiophene rings is 1. The van der Waals surface area contributed by atoms with Gasteiger partial charge in [-0.1, -0.05) is 37.1 Å². The lowest BCUT2D eigenvalue weighted by atomic mass is 10.2. The molecule has 1 aromatic carbocycles. The normalized spacial score (nSPS) is 15.1. The Kier molecular flexibility index (Phi) is 4.61. The Balaban J connectivity index is 1.73. The Labute approximate surface area is 150 Å². The quantitative estimate of drug-likeness (QED) is 0.715. The van der Waals surface area contributed by atoms with E-state index in [1.807, 2.05) is 52.7 Å². The molecule has 0 unspecified atom stereocenters. The molecule has 128 valence electrons. The molecule has 3 aromatic rings. The van der Waals surface area contributed by atoms with E-state index >= 15 is 0 Å². The summed E-state index contributed by atoms with van der Waals surface area (Å²) in [5, 5.41) is 6.57. The van der Waals surface area contributed by atoms with Crippen LogP contribution in [-0.4, -0.2) is 38.7 Å². The first-order valence-corrected chi connectivity index (χ1v) is 9.56. The van der Waals surface area contributed by atoms with Gasteiger partial charge in [-0.2, -0.15) is 0 Å². The van der Waals surface area contributed by atoms with Crippen LogP contribution in [0.4, 0.5) is 0 Å². The summed E-state index contributed by atoms with van der Waals surface area (Å²) in [5.41, 5.74) is 0.910. The van der Waals surface area contributed by atoms with Gasteiger partial charge in [-0.05, 0) is 36.4 Å². The van der Waals surface area contributed by atoms with Gasteiger partial charge in [-0.25, -0.2) is 9.67 Å². The number of rotatable bonds is 3. The molecule has 5 nitrogen and oxygen atoms in total. The third kappa shape index (κ3) is 3.35. The molecule has 0 aliphatic carbocycles. The highest BCUT2D eigenvalue weighted by atomic mass is 32.1. The lowest BCUT2D eigenvalue weighted by Gasteiger charge is -2.18. The van der Waals surface area contributed by atoms with E-state index in [9.17, 15) is 4.79 Å². The highest BCUT2D eigenvalue weighted by molar-refractivity contribution is 7.13. The van der Waals surface area contributed by atoms with Crippen molar-refractivity contribution in [2.75, 3.05) is 13.1 Å². The van der Waals surface area contributed by atoms with E-state index in [0.29, 0.717) is 0 Å². The third-order valence-electron chi connectivity index (χ3n) is 4.43. The monoisotopic (exact) mass is 352 g/mol. The summed E-state index contributed by atoms with van der Waals surface area (Å²) >= 11 is 1.60. The lowest BCUT2D eigenvalue weighted by Crippen LogP contribution is -2.32. The number of aromatic nitrogens is 3. The van der Waals surface area contributed by atoms with Crippen molar-refractivity contribution in [3.05, 3.63) is 53.7 Å². The number of hydrogen-bond donors (Lipinski definition) is 0. The van der Waals surface area contributed by atoms with Gasteiger partial charge in [-0.15, -0.1) is 16.4 Å². The van der Waals surface area contributed by atoms with Crippen molar-refractivity contribution in [2.45, 2.75) is 25.7 Å². The molecule has 0 saturated carbocycles. The predicted octanol–water partition coefficient (Wildman–Crippen LogP) is 4.01. The molecule has 25 heavy (non-hydrogen) atoms. The Hall–Kier alpha value is -2.47. The highest BCUT2D eigenvalue weighted by Crippen LogP contribution is 2.26. The summed E-state index contributed by atoms with van der Waals surface area (Å²) in [4.78, 5) is 20.4. The van der Waals surface area contributed by atoms with E-state index in [-0.39, 0.29) is 11.7 Å². The zero-order valence-electron chi connectivity index (χ0n) is 14.0. The zero-order valence-corrected chi connectivity index (χ0v) is 14.8. The van der Waals surface area contributed by atoms with Crippen LogP contribution in [0.5, 0.6) is 0 Å². The largest absolute Gasteiger partial charge is 0.336 e. The number of benzene rings is 1. The Morgan fingerprint density at radius 3 is 2.40 bits per heavy atom. The maximum Gasteiger partial charge on any atom is 0.293 e. The molecular formula is C19H20N4OS. The zero-order chi connectivity index (χ0) is 17.1. The number of carbonyl (C=O) groups is 1. The minimum Gasteiger partial charge on any atom is -0.336 e. The molecule has 0 spiro atoms. The van der Waals surface area contributed by atoms with Crippen LogP contribution in [0.15, 0.2) is 47.8 Å². The molecule has 0 N–H and O–H groups in total. The van der Waals surface area contributed by atoms with Crippen molar-refractivity contribution < 1.29 is 4.79 Å². The topological polar surface area (TPSA) is 51.0 Å². The maximum atomic E-state index is 12.9. The second kappa shape index (κ2) is 7.19. The van der Waals surface area contributed by atoms with Gasteiger partial charge in [-0.3, -0.25) is 4.79 Å². The van der Waals surface area contributed by atoms with Crippen LogP contribution < -0.4 is 0 Å². The predicted molar refractivity (Wildman–Crippen MR) is 99.0 cm³/mol. The number of likely N-dealkylation sites (tertiary alicyclic amines) is 1. The van der Waals surface area contributed by atoms with E-state index in [2.05, 4.69) is 10.1 Å². The van der Waals surface area contributed by atoms with E-state index in [4.69, 9.17) is 0 Å². The fourth-order valence-electron chi connectivity index (χ4n) is 3.13. The van der Waals surface area contributed by atoms with Crippen LogP contribution in [0.2, 0.25) is 0 Å². The van der Waals surface area contributed by atoms with Crippen LogP contribution in [0.3, 0.4) is 0 Å². The molecular weight excluding hydrogens is 332 g/mol. The van der Waals surface area contributed by atoms with E-state index < -0.39 is 0 Å². The number of para-hydroxylation sites is 1. The molecule has 0 bridgehead atoms. The third-order valence-corrected chi connectivity index (χ3v) is 5.30. The van der Waals surface area contributed by atoms with Crippen LogP contribution in [0.1, 0.15) is 36.3 Å². The molecule has 1 aliphatic rings. The van der Waals surface area contributed by atoms with Gasteiger partial charge in [0, 0.05) is 13.1 Å². The Morgan fingerprint density at radius 1 is 0.960 bits per heavy atom. The van der Waals surface area contributed by atoms with Gasteiger partial charge in [0.2, 0.25) is 5.82 Å². The van der Waals surface area contributed by atoms with Crippen LogP contribution in [-0.2, 0) is 0 Å². The molecule has 0 radical (unpaired) electrons. The summed E-state index contributed by atoms with van der Waals surface area (Å²) in [6, 6.07) is 13.8. The minimum atomic E-state index is -0.0608. The van der Waals surface area contributed by atoms with Crippen molar-refractivity contribution in [3.63, 3.8) is 0 Å². The van der Waals surface area contributed by atoms with Gasteiger partial charge in [0.15, 0.2) is 5.82 Å². The smallest absolute Gasteiger partial charge is 0.293 e. The summed E-state index contributed by atoms with van der Waals surface area (Å²) < 4.78 is 1.77. The highest BCUT2D eigenvalue weighted by Gasteiger charge is 2.24. The molecule has 4 rings (SSSR count). The number of nitrogens with zero attached hydrogens (tertiary/aromatic N) is 4. The molecule has 6 heteroatoms. The van der Waals surface area contributed by atoms with Gasteiger partial charge < -0.3 is 4.90 Å². The van der Waals surface area contributed by atoms with Gasteiger partial charge >= 0.3 is 0 Å². The summed E-state index contributed by atoms with van der Waals surface area (Å²) in [7, 11) is 0. The first-order chi connectivity index (χ1) is 12.3. The Morgan fingerprint density at radius 2 is 1.72 bits per heavy atom. The van der Waals surface area contributed by atoms with Gasteiger partial charge in [0.1, 0.15) is 0 Å². The molecule has 3 heterocycles. The van der Waals surface area contributed by atoms with E-state index in [1.165, 1.54) is 12.8 Å². The van der Waals surface area contributed by atoms with E-state index in [1.54, 1.807) is 16.0 Å². The first kappa shape index (κ1) is 16.0. The second-order valence-corrected chi connectivity index (χ2v) is 7.14. The van der Waals surface area contributed by atoms with Crippen LogP contribution in [0, 0.1) is 0 Å². The average molecular weight is 352 g/mol. The SMILES string of the molecule is O=C(c1nc(-c2cccs2)n(-c2ccccc2)n1)N1CCCCCC1. The van der Waals surface area contributed by atoms with Crippen molar-refractivity contribution >= 4 is 17.2 Å². The molecule has 0 atom stereocenters. The molecule has 2 aromatic heterocycles. The fraction of sp³-hybridized carbons (Fsp3) is 0.316. The van der Waals surface area contributed by atoms with Crippen LogP contribution in [0.25, 0.3) is 16.4 Å². The molecule has 1 fully saturated rings. The average Bonchev–Trinajstić information content (AvgIpc) is 3.25. The summed E-state index contributed by atoms with van der Waals surface area (Å²) in [6.45, 7) is 1.60. The first-order valence-electron chi connectivity index (χ1n) is 8.68. The standard InChI is InChI=1S/C19H20N4OS/c24-19(22-12-6-1-2-7-13-22)17-20-18(16-11-8-14-25-16)23(21-17)15-9-4-3-5-10-15/h3-5,8-11,14H,1-2,6-7,12-13H2. The van der Waals surface area contributed by atoms with Crippen molar-refractivity contribution in [3.8, 4) is 16.4 Å². The molecule has 1 saturated heterocycles. The van der Waals surface area contributed by atoms with E-state index in [0.717, 1.165) is 42.3 Å². The second-order valence-electron chi connectivity index (χ2n) is 6.19.